The van der Waals surface area contributed by atoms with Gasteiger partial charge < -0.3 is 20.3 Å². The molecular weight excluding hydrogens is 346 g/mol. The van der Waals surface area contributed by atoms with E-state index in [2.05, 4.69) is 5.32 Å². The third-order valence-electron chi connectivity index (χ3n) is 3.40. The minimum atomic E-state index is -1.16. The Balaban J connectivity index is 2.37. The van der Waals surface area contributed by atoms with Gasteiger partial charge in [-0.3, -0.25) is 4.79 Å². The van der Waals surface area contributed by atoms with Crippen molar-refractivity contribution >= 4 is 29.8 Å². The van der Waals surface area contributed by atoms with Crippen molar-refractivity contribution in [1.82, 2.24) is 5.32 Å². The first-order chi connectivity index (χ1) is 11.7. The summed E-state index contributed by atoms with van der Waals surface area (Å²) < 4.78 is 5.00. The van der Waals surface area contributed by atoms with E-state index in [0.717, 1.165) is 5.56 Å². The van der Waals surface area contributed by atoms with E-state index in [1.807, 2.05) is 18.2 Å². The Hall–Kier alpha value is -2.22. The number of carboxylic acids is 2. The Morgan fingerprint density at radius 1 is 1.20 bits per heavy atom. The molecule has 0 fully saturated rings. The van der Waals surface area contributed by atoms with Gasteiger partial charge in [0.15, 0.2) is 0 Å². The number of carbonyl (C=O) groups is 3. The number of aliphatic carboxylic acids is 2. The summed E-state index contributed by atoms with van der Waals surface area (Å²) in [5.41, 5.74) is -0.0817. The number of rotatable bonds is 10. The molecule has 0 saturated carbocycles. The van der Waals surface area contributed by atoms with E-state index in [9.17, 15) is 19.5 Å². The molecule has 138 valence electrons. The van der Waals surface area contributed by atoms with Gasteiger partial charge in [-0.15, -0.1) is 0 Å². The van der Waals surface area contributed by atoms with E-state index in [1.165, 1.54) is 11.8 Å². The van der Waals surface area contributed by atoms with Crippen LogP contribution in [0.15, 0.2) is 30.3 Å². The Bertz CT molecular complexity index is 590. The van der Waals surface area contributed by atoms with Crippen molar-refractivity contribution in [3.8, 4) is 0 Å². The summed E-state index contributed by atoms with van der Waals surface area (Å²) in [5.74, 6) is -1.30. The average molecular weight is 369 g/mol. The lowest BCUT2D eigenvalue weighted by Crippen LogP contribution is -2.41. The Kier molecular flexibility index (Phi) is 8.27. The summed E-state index contributed by atoms with van der Waals surface area (Å²) in [4.78, 5) is 34.0. The first kappa shape index (κ1) is 20.8. The fourth-order valence-corrected chi connectivity index (χ4v) is 2.94. The molecule has 0 aliphatic rings. The van der Waals surface area contributed by atoms with Crippen LogP contribution in [-0.2, 0) is 20.9 Å². The highest BCUT2D eigenvalue weighted by Crippen LogP contribution is 2.22. The molecule has 0 saturated heterocycles. The predicted octanol–water partition coefficient (Wildman–Crippen LogP) is 2.60. The largest absolute Gasteiger partial charge is 0.481 e. The molecule has 8 heteroatoms. The lowest BCUT2D eigenvalue weighted by molar-refractivity contribution is -0.145. The van der Waals surface area contributed by atoms with Crippen LogP contribution in [0.3, 0.4) is 0 Å². The molecule has 1 aromatic rings. The minimum absolute atomic E-state index is 0.0561. The van der Waals surface area contributed by atoms with Crippen molar-refractivity contribution < 1.29 is 29.3 Å². The smallest absolute Gasteiger partial charge is 0.408 e. The molecule has 3 N–H and O–H groups in total. The van der Waals surface area contributed by atoms with Gasteiger partial charge in [0.25, 0.3) is 0 Å². The fourth-order valence-electron chi connectivity index (χ4n) is 1.75. The maximum Gasteiger partial charge on any atom is 0.408 e. The molecule has 1 aromatic carbocycles. The maximum atomic E-state index is 11.7. The molecule has 0 bridgehead atoms. The summed E-state index contributed by atoms with van der Waals surface area (Å²) >= 11 is 1.34. The zero-order valence-corrected chi connectivity index (χ0v) is 15.0. The van der Waals surface area contributed by atoms with E-state index >= 15 is 0 Å². The van der Waals surface area contributed by atoms with E-state index < -0.39 is 29.5 Å². The molecule has 0 radical (unpaired) electrons. The van der Waals surface area contributed by atoms with Gasteiger partial charge in [-0.2, -0.15) is 11.8 Å². The van der Waals surface area contributed by atoms with E-state index in [-0.39, 0.29) is 13.0 Å². The van der Waals surface area contributed by atoms with Crippen molar-refractivity contribution in [2.24, 2.45) is 5.41 Å². The summed E-state index contributed by atoms with van der Waals surface area (Å²) in [7, 11) is 0. The van der Waals surface area contributed by atoms with Crippen LogP contribution in [0.5, 0.6) is 0 Å². The third-order valence-corrected chi connectivity index (χ3v) is 4.85. The summed E-state index contributed by atoms with van der Waals surface area (Å²) in [6, 6.07) is 7.97. The molecule has 0 aliphatic heterocycles. The first-order valence-electron chi connectivity index (χ1n) is 7.73. The molecule has 0 spiro atoms. The summed E-state index contributed by atoms with van der Waals surface area (Å²) in [6.07, 6.45) is -0.622. The second-order valence-corrected chi connectivity index (χ2v) is 7.23. The van der Waals surface area contributed by atoms with Gasteiger partial charge in [-0.05, 0) is 31.6 Å². The lowest BCUT2D eigenvalue weighted by atomic mass is 9.97. The molecule has 1 unspecified atom stereocenters. The number of carboxylic acid groups (broad SMARTS) is 2. The summed E-state index contributed by atoms with van der Waals surface area (Å²) in [5, 5.41) is 20.5. The van der Waals surface area contributed by atoms with Crippen molar-refractivity contribution in [3.63, 3.8) is 0 Å². The SMILES string of the molecule is CC(C)(CSCCC(NC(=O)OCc1ccccc1)C(=O)O)C(=O)O. The summed E-state index contributed by atoms with van der Waals surface area (Å²) in [6.45, 7) is 3.27. The fraction of sp³-hybridized carbons (Fsp3) is 0.471. The van der Waals surface area contributed by atoms with Crippen LogP contribution in [0.25, 0.3) is 0 Å². The van der Waals surface area contributed by atoms with Crippen LogP contribution >= 0.6 is 11.8 Å². The minimum Gasteiger partial charge on any atom is -0.481 e. The van der Waals surface area contributed by atoms with Crippen molar-refractivity contribution in [2.45, 2.75) is 32.9 Å². The van der Waals surface area contributed by atoms with E-state index in [0.29, 0.717) is 11.5 Å². The third kappa shape index (κ3) is 7.93. The molecule has 7 nitrogen and oxygen atoms in total. The van der Waals surface area contributed by atoms with Crippen LogP contribution in [-0.4, -0.2) is 45.8 Å². The van der Waals surface area contributed by atoms with E-state index in [1.54, 1.807) is 26.0 Å². The molecule has 25 heavy (non-hydrogen) atoms. The zero-order valence-electron chi connectivity index (χ0n) is 14.2. The molecule has 1 atom stereocenters. The van der Waals surface area contributed by atoms with Crippen LogP contribution in [0, 0.1) is 5.41 Å². The molecule has 1 amide bonds. The molecule has 1 rings (SSSR count). The molecule has 0 aromatic heterocycles. The van der Waals surface area contributed by atoms with Crippen LogP contribution < -0.4 is 5.32 Å². The highest BCUT2D eigenvalue weighted by Gasteiger charge is 2.27. The lowest BCUT2D eigenvalue weighted by Gasteiger charge is -2.19. The number of thioether (sulfide) groups is 1. The van der Waals surface area contributed by atoms with Crippen LogP contribution in [0.1, 0.15) is 25.8 Å². The number of nitrogens with one attached hydrogen (secondary N) is 1. The standard InChI is InChI=1S/C17H23NO6S/c1-17(2,15(21)22)11-25-9-8-13(14(19)20)18-16(23)24-10-12-6-4-3-5-7-12/h3-7,13H,8-11H2,1-2H3,(H,18,23)(H,19,20)(H,21,22). The van der Waals surface area contributed by atoms with Gasteiger partial charge in [-0.1, -0.05) is 30.3 Å². The molecule has 0 heterocycles. The van der Waals surface area contributed by atoms with Crippen LogP contribution in [0.4, 0.5) is 4.79 Å². The number of hydrogen-bond donors (Lipinski definition) is 3. The van der Waals surface area contributed by atoms with Crippen molar-refractivity contribution in [1.29, 1.82) is 0 Å². The van der Waals surface area contributed by atoms with Gasteiger partial charge in [0.1, 0.15) is 12.6 Å². The second kappa shape index (κ2) is 9.93. The number of ether oxygens (including phenoxy) is 1. The number of carbonyl (C=O) groups excluding carboxylic acids is 1. The predicted molar refractivity (Wildman–Crippen MR) is 94.5 cm³/mol. The number of hydrogen-bond acceptors (Lipinski definition) is 5. The highest BCUT2D eigenvalue weighted by molar-refractivity contribution is 7.99. The number of alkyl carbamates (subject to hydrolysis) is 1. The maximum absolute atomic E-state index is 11.7. The van der Waals surface area contributed by atoms with Crippen LogP contribution in [0.2, 0.25) is 0 Å². The first-order valence-corrected chi connectivity index (χ1v) is 8.89. The number of benzene rings is 1. The Morgan fingerprint density at radius 3 is 2.40 bits per heavy atom. The molecular formula is C17H23NO6S. The zero-order chi connectivity index (χ0) is 18.9. The van der Waals surface area contributed by atoms with Gasteiger partial charge in [-0.25, -0.2) is 9.59 Å². The normalized spacial score (nSPS) is 12.2. The van der Waals surface area contributed by atoms with Gasteiger partial charge in [0.05, 0.1) is 5.41 Å². The topological polar surface area (TPSA) is 113 Å². The highest BCUT2D eigenvalue weighted by atomic mass is 32.2. The van der Waals surface area contributed by atoms with Crippen molar-refractivity contribution in [2.75, 3.05) is 11.5 Å². The Morgan fingerprint density at radius 2 is 1.84 bits per heavy atom. The second-order valence-electron chi connectivity index (χ2n) is 6.13. The van der Waals surface area contributed by atoms with Gasteiger partial charge >= 0.3 is 18.0 Å². The van der Waals surface area contributed by atoms with E-state index in [4.69, 9.17) is 9.84 Å². The molecule has 0 aliphatic carbocycles. The van der Waals surface area contributed by atoms with Gasteiger partial charge in [0, 0.05) is 5.75 Å². The van der Waals surface area contributed by atoms with Gasteiger partial charge in [0.2, 0.25) is 0 Å². The van der Waals surface area contributed by atoms with Crippen molar-refractivity contribution in [3.05, 3.63) is 35.9 Å². The Labute approximate surface area is 150 Å². The quantitative estimate of drug-likeness (QED) is 0.543. The average Bonchev–Trinajstić information content (AvgIpc) is 2.56. The number of amides is 1. The monoisotopic (exact) mass is 369 g/mol.